The number of nitrogens with zero attached hydrogens (tertiary/aromatic N) is 2. The Morgan fingerprint density at radius 3 is 1.22 bits per heavy atom. The summed E-state index contributed by atoms with van der Waals surface area (Å²) in [6.07, 6.45) is 2.78. The van der Waals surface area contributed by atoms with E-state index in [9.17, 15) is 19.8 Å². The molecule has 0 saturated heterocycles. The molecule has 0 aliphatic rings. The Kier molecular flexibility index (Phi) is 3.01. The summed E-state index contributed by atoms with van der Waals surface area (Å²) < 4.78 is 1.82. The van der Waals surface area contributed by atoms with E-state index in [0.717, 1.165) is 20.3 Å². The first-order chi connectivity index (χ1) is 8.58. The van der Waals surface area contributed by atoms with Crippen LogP contribution < -0.4 is 19.3 Å². The van der Waals surface area contributed by atoms with E-state index < -0.39 is 12.2 Å². The molecule has 0 fully saturated rings. The molecular weight excluding hydrogens is 236 g/mol. The zero-order chi connectivity index (χ0) is 13.1. The second-order valence-electron chi connectivity index (χ2n) is 3.52. The molecule has 0 atom stereocenters. The van der Waals surface area contributed by atoms with Gasteiger partial charge in [0.05, 0.1) is 0 Å². The monoisotopic (exact) mass is 244 g/mol. The summed E-state index contributed by atoms with van der Waals surface area (Å²) in [6, 6.07) is 6.37. The molecule has 0 spiro atoms. The molecule has 0 unspecified atom stereocenters. The van der Waals surface area contributed by atoms with Gasteiger partial charge < -0.3 is 19.8 Å². The summed E-state index contributed by atoms with van der Waals surface area (Å²) in [4.78, 5) is 21.1. The molecule has 6 heteroatoms. The lowest BCUT2D eigenvalue weighted by atomic mass is 10.1. The topological polar surface area (TPSA) is 88.0 Å². The maximum absolute atomic E-state index is 10.5. The molecule has 2 aromatic heterocycles. The predicted octanol–water partition coefficient (Wildman–Crippen LogP) is -1.69. The third kappa shape index (κ3) is 2.32. The van der Waals surface area contributed by atoms with Crippen LogP contribution in [0.1, 0.15) is 0 Å². The predicted molar refractivity (Wildman–Crippen MR) is 53.9 cm³/mol. The van der Waals surface area contributed by atoms with E-state index in [1.807, 2.05) is 0 Å². The average Bonchev–Trinajstić information content (AvgIpc) is 2.39. The molecule has 0 bridgehead atoms. The van der Waals surface area contributed by atoms with Gasteiger partial charge in [-0.15, -0.1) is 0 Å². The van der Waals surface area contributed by atoms with Crippen LogP contribution in [-0.2, 0) is 0 Å². The number of hydrogen-bond donors (Lipinski definition) is 0. The van der Waals surface area contributed by atoms with Crippen molar-refractivity contribution in [3.05, 3.63) is 49.1 Å². The zero-order valence-electron chi connectivity index (χ0n) is 9.15. The Bertz CT molecular complexity index is 535. The van der Waals surface area contributed by atoms with Gasteiger partial charge >= 0.3 is 12.2 Å². The Balaban J connectivity index is 2.31. The van der Waals surface area contributed by atoms with E-state index in [4.69, 9.17) is 0 Å². The molecule has 18 heavy (non-hydrogen) atoms. The first-order valence-electron chi connectivity index (χ1n) is 5.03. The van der Waals surface area contributed by atoms with Gasteiger partial charge in [0, 0.05) is 24.3 Å². The van der Waals surface area contributed by atoms with Gasteiger partial charge in [-0.2, -0.15) is 9.13 Å². The molecule has 2 rings (SSSR count). The molecular formula is C12H8N2O4. The van der Waals surface area contributed by atoms with Crippen LogP contribution in [0.3, 0.4) is 0 Å². The number of carboxylic acid groups (broad SMARTS) is 2. The number of rotatable bonds is 1. The quantitative estimate of drug-likeness (QED) is 0.560. The van der Waals surface area contributed by atoms with Crippen molar-refractivity contribution in [3.8, 4) is 11.1 Å². The minimum atomic E-state index is -1.32. The highest BCUT2D eigenvalue weighted by Crippen LogP contribution is 2.15. The van der Waals surface area contributed by atoms with Crippen LogP contribution >= 0.6 is 0 Å². The average molecular weight is 244 g/mol. The van der Waals surface area contributed by atoms with Crippen molar-refractivity contribution in [2.24, 2.45) is 0 Å². The van der Waals surface area contributed by atoms with Crippen LogP contribution in [0, 0.1) is 0 Å². The van der Waals surface area contributed by atoms with Crippen molar-refractivity contribution >= 4 is 12.2 Å². The molecule has 0 amide bonds. The van der Waals surface area contributed by atoms with Gasteiger partial charge in [0.15, 0.2) is 24.8 Å². The molecule has 0 aliphatic carbocycles. The summed E-state index contributed by atoms with van der Waals surface area (Å²) in [5.74, 6) is 0. The van der Waals surface area contributed by atoms with Crippen molar-refractivity contribution in [3.63, 3.8) is 0 Å². The minimum Gasteiger partial charge on any atom is -0.490 e. The Morgan fingerprint density at radius 1 is 0.722 bits per heavy atom. The summed E-state index contributed by atoms with van der Waals surface area (Å²) in [5, 5.41) is 21.1. The van der Waals surface area contributed by atoms with E-state index in [1.54, 1.807) is 24.3 Å². The lowest BCUT2D eigenvalue weighted by Crippen LogP contribution is -2.51. The molecule has 90 valence electrons. The Hall–Kier alpha value is -2.76. The fourth-order valence-corrected chi connectivity index (χ4v) is 1.48. The fourth-order valence-electron chi connectivity index (χ4n) is 1.48. The highest BCUT2D eigenvalue weighted by atomic mass is 16.4. The fraction of sp³-hybridized carbons (Fsp3) is 0. The number of pyridine rings is 2. The second-order valence-corrected chi connectivity index (χ2v) is 3.52. The third-order valence-electron chi connectivity index (χ3n) is 2.41. The smallest absolute Gasteiger partial charge is 0.343 e. The second kappa shape index (κ2) is 4.62. The molecule has 0 aromatic carbocycles. The van der Waals surface area contributed by atoms with Crippen LogP contribution in [0.15, 0.2) is 49.1 Å². The normalized spacial score (nSPS) is 10.0. The van der Waals surface area contributed by atoms with Crippen molar-refractivity contribution in [2.75, 3.05) is 0 Å². The summed E-state index contributed by atoms with van der Waals surface area (Å²) >= 11 is 0. The third-order valence-corrected chi connectivity index (χ3v) is 2.41. The molecule has 2 heterocycles. The SMILES string of the molecule is O=C([O-])[n+]1ccc(-c2cc[n+](C(=O)[O-])cc2)cc1. The van der Waals surface area contributed by atoms with E-state index in [1.165, 1.54) is 24.8 Å². The summed E-state index contributed by atoms with van der Waals surface area (Å²) in [7, 11) is 0. The van der Waals surface area contributed by atoms with Crippen LogP contribution in [-0.4, -0.2) is 12.2 Å². The van der Waals surface area contributed by atoms with E-state index in [0.29, 0.717) is 0 Å². The standard InChI is InChI=1S/C12H8N2O4/c15-11(16)13-5-1-9(2-6-13)10-3-7-14(8-4-10)12(17)18/h1-8H. The van der Waals surface area contributed by atoms with E-state index >= 15 is 0 Å². The van der Waals surface area contributed by atoms with Gasteiger partial charge in [0.2, 0.25) is 0 Å². The molecule has 0 radical (unpaired) electrons. The van der Waals surface area contributed by atoms with Crippen LogP contribution in [0.4, 0.5) is 9.59 Å². The van der Waals surface area contributed by atoms with E-state index in [-0.39, 0.29) is 0 Å². The maximum Gasteiger partial charge on any atom is 0.343 e. The lowest BCUT2D eigenvalue weighted by Gasteiger charge is -2.00. The van der Waals surface area contributed by atoms with E-state index in [2.05, 4.69) is 0 Å². The van der Waals surface area contributed by atoms with Crippen LogP contribution in [0.25, 0.3) is 11.1 Å². The lowest BCUT2D eigenvalue weighted by molar-refractivity contribution is -0.631. The number of aromatic nitrogens is 2. The van der Waals surface area contributed by atoms with Crippen molar-refractivity contribution in [1.29, 1.82) is 0 Å². The van der Waals surface area contributed by atoms with Crippen molar-refractivity contribution < 1.29 is 28.9 Å². The summed E-state index contributed by atoms with van der Waals surface area (Å²) in [5.41, 5.74) is 1.52. The largest absolute Gasteiger partial charge is 0.490 e. The van der Waals surface area contributed by atoms with Gasteiger partial charge in [0.1, 0.15) is 0 Å². The van der Waals surface area contributed by atoms with Gasteiger partial charge in [-0.05, 0) is 11.1 Å². The van der Waals surface area contributed by atoms with Gasteiger partial charge in [-0.3, -0.25) is 0 Å². The molecule has 0 N–H and O–H groups in total. The van der Waals surface area contributed by atoms with Crippen LogP contribution in [0.5, 0.6) is 0 Å². The maximum atomic E-state index is 10.5. The molecule has 6 nitrogen and oxygen atoms in total. The first-order valence-corrected chi connectivity index (χ1v) is 5.03. The molecule has 0 aliphatic heterocycles. The van der Waals surface area contributed by atoms with Crippen molar-refractivity contribution in [2.45, 2.75) is 0 Å². The van der Waals surface area contributed by atoms with Crippen LogP contribution in [0.2, 0.25) is 0 Å². The number of hydrogen-bond acceptors (Lipinski definition) is 4. The van der Waals surface area contributed by atoms with Gasteiger partial charge in [0.25, 0.3) is 0 Å². The summed E-state index contributed by atoms with van der Waals surface area (Å²) in [6.45, 7) is 0. The van der Waals surface area contributed by atoms with Gasteiger partial charge in [-0.1, -0.05) is 0 Å². The van der Waals surface area contributed by atoms with Gasteiger partial charge in [-0.25, -0.2) is 0 Å². The van der Waals surface area contributed by atoms with Crippen molar-refractivity contribution in [1.82, 2.24) is 0 Å². The first kappa shape index (κ1) is 11.7. The Labute approximate surface area is 102 Å². The highest BCUT2D eigenvalue weighted by Gasteiger charge is 2.06. The molecule has 0 saturated carbocycles. The number of carbonyl (C=O) groups is 2. The highest BCUT2D eigenvalue weighted by molar-refractivity contribution is 5.62. The Morgan fingerprint density at radius 2 is 1.00 bits per heavy atom. The number of carbonyl (C=O) groups excluding carboxylic acids is 2. The minimum absolute atomic E-state index is 0.762. The molecule has 2 aromatic rings. The zero-order valence-corrected chi connectivity index (χ0v) is 9.15.